The highest BCUT2D eigenvalue weighted by atomic mass is 35.5. The second-order valence-electron chi connectivity index (χ2n) is 28.5. The Hall–Kier alpha value is -6.57. The number of rotatable bonds is 14. The number of nitrogens with one attached hydrogen (secondary N) is 4. The number of benzene rings is 1. The Bertz CT molecular complexity index is 2940. The van der Waals surface area contributed by atoms with Crippen LogP contribution in [0.2, 0.25) is 5.02 Å². The van der Waals surface area contributed by atoms with Crippen molar-refractivity contribution < 1.29 is 70.6 Å². The number of amides is 11. The largest absolute Gasteiger partial charge is 0.417 e. The molecule has 2 aliphatic carbocycles. The van der Waals surface area contributed by atoms with Gasteiger partial charge < -0.3 is 60.3 Å². The van der Waals surface area contributed by atoms with Gasteiger partial charge in [-0.25, -0.2) is 0 Å². The number of hydrogen-bond donors (Lipinski definition) is 4. The molecule has 1 aromatic carbocycles. The van der Waals surface area contributed by atoms with Gasteiger partial charge in [0.05, 0.1) is 23.7 Å². The van der Waals surface area contributed by atoms with Gasteiger partial charge >= 0.3 is 6.18 Å². The van der Waals surface area contributed by atoms with Crippen LogP contribution in [-0.4, -0.2) is 227 Å². The molecule has 0 radical (unpaired) electrons. The van der Waals surface area contributed by atoms with E-state index in [1.165, 1.54) is 70.7 Å². The summed E-state index contributed by atoms with van der Waals surface area (Å²) in [6.07, 6.45) is 2.75. The molecule has 1 aromatic rings. The fourth-order valence-electron chi connectivity index (χ4n) is 14.4. The molecule has 5 fully saturated rings. The minimum absolute atomic E-state index is 0.0198. The second kappa shape index (κ2) is 34.8. The minimum Gasteiger partial charge on any atom is -0.379 e. The second-order valence-corrected chi connectivity index (χ2v) is 28.9. The van der Waals surface area contributed by atoms with Gasteiger partial charge in [0, 0.05) is 67.4 Å². The van der Waals surface area contributed by atoms with E-state index in [0.717, 1.165) is 49.1 Å². The van der Waals surface area contributed by atoms with Gasteiger partial charge in [0.25, 0.3) is 0 Å². The van der Waals surface area contributed by atoms with Crippen LogP contribution in [0.4, 0.5) is 13.2 Å². The summed E-state index contributed by atoms with van der Waals surface area (Å²) in [5.74, 6) is -7.82. The van der Waals surface area contributed by atoms with Gasteiger partial charge in [-0.3, -0.25) is 52.7 Å². The molecule has 27 heteroatoms. The zero-order valence-corrected chi connectivity index (χ0v) is 59.5. The van der Waals surface area contributed by atoms with E-state index in [0.29, 0.717) is 37.7 Å². The maximum Gasteiger partial charge on any atom is 0.417 e. The first-order valence-corrected chi connectivity index (χ1v) is 35.1. The van der Waals surface area contributed by atoms with Crippen LogP contribution in [0.1, 0.15) is 182 Å². The molecule has 0 unspecified atom stereocenters. The van der Waals surface area contributed by atoms with Crippen LogP contribution in [-0.2, 0) is 70.1 Å². The zero-order valence-electron chi connectivity index (χ0n) is 58.7. The number of nitrogens with zero attached hydrogens (tertiary/aromatic N) is 7. The summed E-state index contributed by atoms with van der Waals surface area (Å²) in [4.78, 5) is 172. The fourth-order valence-corrected chi connectivity index (χ4v) is 14.7. The molecule has 0 bridgehead atoms. The highest BCUT2D eigenvalue weighted by molar-refractivity contribution is 6.31. The summed E-state index contributed by atoms with van der Waals surface area (Å²) in [6, 6.07) is -7.05. The van der Waals surface area contributed by atoms with Gasteiger partial charge in [-0.2, -0.15) is 13.2 Å². The van der Waals surface area contributed by atoms with Crippen molar-refractivity contribution in [2.75, 3.05) is 68.1 Å². The van der Waals surface area contributed by atoms with Crippen LogP contribution in [0, 0.1) is 23.7 Å². The zero-order chi connectivity index (χ0) is 71.3. The number of alkyl halides is 3. The van der Waals surface area contributed by atoms with Crippen molar-refractivity contribution in [1.82, 2.24) is 55.6 Å². The SMILES string of the molecule is CCCOC[C@H]1C(=O)N2CC[C@H]2C(=O)N(C)[C@@H](CC2CCCCC2)C(=O)N(C)CC(=O)N[C@@H](CCc2ccc(C(F)(F)F)c(Cl)c2)C(=O)N2CCC[C@H]2C(=O)NC2(CCCC2)C(=O)N(C)[C@@H](C(C)C)C(=O)N[C@H](C)CC(=O)N(C)[C@@H](CC(C)C)C(=O)N[C@@H]([C@@H](C)CC)C(=O)N1C. The number of aryl methyl sites for hydroxylation is 1. The molecule has 6 rings (SSSR count). The molecule has 10 atom stereocenters. The van der Waals surface area contributed by atoms with Crippen molar-refractivity contribution in [1.29, 1.82) is 0 Å². The first-order chi connectivity index (χ1) is 45.2. The van der Waals surface area contributed by atoms with E-state index in [1.54, 1.807) is 27.7 Å². The Morgan fingerprint density at radius 3 is 1.90 bits per heavy atom. The van der Waals surface area contributed by atoms with E-state index in [1.807, 2.05) is 27.7 Å². The number of likely N-dealkylation sites (N-methyl/N-ethyl adjacent to an activating group) is 5. The van der Waals surface area contributed by atoms with Crippen LogP contribution in [0.25, 0.3) is 0 Å². The maximum atomic E-state index is 15.1. The van der Waals surface area contributed by atoms with Crippen LogP contribution in [0.5, 0.6) is 0 Å². The number of carbonyl (C=O) groups excluding carboxylic acids is 11. The maximum absolute atomic E-state index is 15.1. The molecule has 23 nitrogen and oxygen atoms in total. The molecule has 0 aromatic heterocycles. The van der Waals surface area contributed by atoms with Crippen LogP contribution >= 0.6 is 11.6 Å². The van der Waals surface area contributed by atoms with Gasteiger partial charge in [0.1, 0.15) is 53.9 Å². The van der Waals surface area contributed by atoms with Crippen LogP contribution in [0.15, 0.2) is 18.2 Å². The molecule has 11 amide bonds. The molecule has 3 aliphatic heterocycles. The highest BCUT2D eigenvalue weighted by Gasteiger charge is 2.51. The first kappa shape index (κ1) is 78.4. The first-order valence-electron chi connectivity index (χ1n) is 34.8. The van der Waals surface area contributed by atoms with Crippen molar-refractivity contribution in [2.45, 2.75) is 243 Å². The van der Waals surface area contributed by atoms with Crippen molar-refractivity contribution in [2.24, 2.45) is 23.7 Å². The van der Waals surface area contributed by atoms with Gasteiger partial charge in [-0.1, -0.05) is 118 Å². The van der Waals surface area contributed by atoms with E-state index < -0.39 is 160 Å². The third kappa shape index (κ3) is 19.4. The summed E-state index contributed by atoms with van der Waals surface area (Å²) in [5, 5.41) is 11.1. The van der Waals surface area contributed by atoms with Crippen molar-refractivity contribution in [3.8, 4) is 0 Å². The average molecular weight is 1380 g/mol. The molecular formula is C69H107ClF3N11O12. The predicted molar refractivity (Wildman–Crippen MR) is 355 cm³/mol. The highest BCUT2D eigenvalue weighted by Crippen LogP contribution is 2.37. The average Bonchev–Trinajstić information content (AvgIpc) is 1.55. The third-order valence-corrected chi connectivity index (χ3v) is 20.7. The number of hydrogen-bond acceptors (Lipinski definition) is 12. The Morgan fingerprint density at radius 1 is 0.667 bits per heavy atom. The molecule has 1 spiro atoms. The van der Waals surface area contributed by atoms with Crippen molar-refractivity contribution >= 4 is 76.6 Å². The Balaban J connectivity index is 1.41. The lowest BCUT2D eigenvalue weighted by Crippen LogP contribution is -2.66. The monoisotopic (exact) mass is 1370 g/mol. The molecule has 5 aliphatic rings. The van der Waals surface area contributed by atoms with Gasteiger partial charge in [0.2, 0.25) is 65.0 Å². The summed E-state index contributed by atoms with van der Waals surface area (Å²) in [7, 11) is 7.28. The van der Waals surface area contributed by atoms with Crippen molar-refractivity contribution in [3.63, 3.8) is 0 Å². The van der Waals surface area contributed by atoms with Gasteiger partial charge in [-0.05, 0) is 112 Å². The topological polar surface area (TPSA) is 268 Å². The lowest BCUT2D eigenvalue weighted by Gasteiger charge is -2.45. The summed E-state index contributed by atoms with van der Waals surface area (Å²) in [6.45, 7) is 14.0. The predicted octanol–water partition coefficient (Wildman–Crippen LogP) is 6.10. The van der Waals surface area contributed by atoms with E-state index in [2.05, 4.69) is 21.3 Å². The molecule has 538 valence electrons. The Labute approximate surface area is 570 Å². The van der Waals surface area contributed by atoms with E-state index in [4.69, 9.17) is 16.3 Å². The number of halogens is 4. The molecule has 2 saturated carbocycles. The normalized spacial score (nSPS) is 27.4. The quantitative estimate of drug-likeness (QED) is 0.154. The number of carbonyl (C=O) groups is 11. The van der Waals surface area contributed by atoms with Gasteiger partial charge in [-0.15, -0.1) is 0 Å². The Kier molecular flexibility index (Phi) is 28.4. The standard InChI is InChI=1S/C69H107ClF3N11O12/c1-14-34-96-40-54-65(93)84-33-29-51(84)64(92)80(11)53(38-45-22-17-16-18-23-45)63(91)78(9)39-55(85)75-49(28-26-46-25-27-47(48(70)37-46)69(71,72)73)62(90)83-32-21-24-50(83)60(88)77-68(30-19-20-31-68)67(95)82(13)58(42(5)6)61(89)74-44(8)36-56(86)79(10)52(35-41(3)4)59(87)76-57(43(7)15-2)66(94)81(54)12/h25,27,37,41-45,49-54,57-58H,14-24,26,28-36,38-40H2,1-13H3,(H,74,89)(H,75,85)(H,76,87)(H,77,88)/t43-,44+,49-,50-,51-,52-,53-,54-,57-,58-/m0/s1. The van der Waals surface area contributed by atoms with Crippen LogP contribution in [0.3, 0.4) is 0 Å². The van der Waals surface area contributed by atoms with Gasteiger partial charge in [0.15, 0.2) is 0 Å². The lowest BCUT2D eigenvalue weighted by atomic mass is 9.84. The van der Waals surface area contributed by atoms with E-state index >= 15 is 24.0 Å². The molecule has 4 N–H and O–H groups in total. The smallest absolute Gasteiger partial charge is 0.379 e. The summed E-state index contributed by atoms with van der Waals surface area (Å²) < 4.78 is 47.5. The Morgan fingerprint density at radius 2 is 1.31 bits per heavy atom. The summed E-state index contributed by atoms with van der Waals surface area (Å²) in [5.41, 5.74) is -2.26. The molecule has 96 heavy (non-hydrogen) atoms. The molecule has 3 saturated heterocycles. The number of fused-ring (bicyclic) bond motifs is 2. The van der Waals surface area contributed by atoms with E-state index in [-0.39, 0.29) is 95.9 Å². The van der Waals surface area contributed by atoms with E-state index in [9.17, 15) is 41.9 Å². The summed E-state index contributed by atoms with van der Waals surface area (Å²) >= 11 is 6.14. The molecular weight excluding hydrogens is 1270 g/mol. The number of ether oxygens (including phenoxy) is 1. The fraction of sp³-hybridized carbons (Fsp3) is 0.754. The van der Waals surface area contributed by atoms with Crippen molar-refractivity contribution in [3.05, 3.63) is 34.3 Å². The van der Waals surface area contributed by atoms with Crippen LogP contribution < -0.4 is 21.3 Å². The minimum atomic E-state index is -4.75. The lowest BCUT2D eigenvalue weighted by molar-refractivity contribution is -0.162. The third-order valence-electron chi connectivity index (χ3n) is 20.4. The molecule has 3 heterocycles.